The van der Waals surface area contributed by atoms with Crippen LogP contribution >= 0.6 is 11.8 Å². The monoisotopic (exact) mass is 302 g/mol. The van der Waals surface area contributed by atoms with Crippen LogP contribution in [0.1, 0.15) is 36.8 Å². The van der Waals surface area contributed by atoms with Crippen molar-refractivity contribution in [3.63, 3.8) is 0 Å². The minimum atomic E-state index is -4.35. The molecule has 0 amide bonds. The lowest BCUT2D eigenvalue weighted by Crippen LogP contribution is -2.10. The molecule has 0 spiro atoms. The Bertz CT molecular complexity index is 464. The Hall–Kier alpha value is -0.970. The van der Waals surface area contributed by atoms with Gasteiger partial charge in [-0.2, -0.15) is 24.9 Å². The number of Topliss-reactive ketones (excluding diaryl/α,β-unsaturated/α-hetero) is 1. The number of hydrogen-bond acceptors (Lipinski definition) is 2. The molecule has 0 aliphatic heterocycles. The maximum Gasteiger partial charge on any atom is 0.416 e. The molecule has 1 aromatic rings. The number of carbonyl (C=O) groups is 1. The molecule has 1 aliphatic carbocycles. The van der Waals surface area contributed by atoms with Crippen LogP contribution in [0.3, 0.4) is 0 Å². The molecule has 0 N–H and O–H groups in total. The number of hydrogen-bond donors (Lipinski definition) is 0. The number of carbonyl (C=O) groups excluding carboxylic acids is 1. The minimum Gasteiger partial charge on any atom is -0.298 e. The molecule has 1 saturated carbocycles. The summed E-state index contributed by atoms with van der Waals surface area (Å²) in [6, 6.07) is 5.03. The fraction of sp³-hybridized carbons (Fsp3) is 0.533. The first-order valence-corrected chi connectivity index (χ1v) is 7.79. The Labute approximate surface area is 120 Å². The number of alkyl halides is 3. The molecule has 0 atom stereocenters. The fourth-order valence-electron chi connectivity index (χ4n) is 2.40. The van der Waals surface area contributed by atoms with Gasteiger partial charge >= 0.3 is 6.18 Å². The summed E-state index contributed by atoms with van der Waals surface area (Å²) >= 11 is 1.65. The summed E-state index contributed by atoms with van der Waals surface area (Å²) in [6.07, 6.45) is 0.489. The minimum absolute atomic E-state index is 0.00113. The van der Waals surface area contributed by atoms with Gasteiger partial charge in [0.15, 0.2) is 0 Å². The Kier molecular flexibility index (Phi) is 5.13. The van der Waals surface area contributed by atoms with Crippen LogP contribution in [0, 0.1) is 0 Å². The number of thioether (sulfide) groups is 1. The van der Waals surface area contributed by atoms with E-state index in [1.807, 2.05) is 0 Å². The second-order valence-electron chi connectivity index (χ2n) is 5.13. The van der Waals surface area contributed by atoms with Crippen molar-refractivity contribution in [2.75, 3.05) is 5.75 Å². The van der Waals surface area contributed by atoms with Gasteiger partial charge in [-0.3, -0.25) is 4.79 Å². The molecular formula is C15H17F3OS. The largest absolute Gasteiger partial charge is 0.416 e. The van der Waals surface area contributed by atoms with Gasteiger partial charge in [0, 0.05) is 11.7 Å². The molecule has 1 nitrogen and oxygen atoms in total. The second kappa shape index (κ2) is 6.66. The highest BCUT2D eigenvalue weighted by Gasteiger charge is 2.30. The summed E-state index contributed by atoms with van der Waals surface area (Å²) in [5, 5.41) is 0.556. The lowest BCUT2D eigenvalue weighted by molar-refractivity contribution is -0.137. The van der Waals surface area contributed by atoms with Gasteiger partial charge in [-0.15, -0.1) is 0 Å². The summed E-state index contributed by atoms with van der Waals surface area (Å²) < 4.78 is 37.7. The first kappa shape index (κ1) is 15.4. The van der Waals surface area contributed by atoms with E-state index in [4.69, 9.17) is 0 Å². The topological polar surface area (TPSA) is 17.1 Å². The van der Waals surface area contributed by atoms with Crippen molar-refractivity contribution >= 4 is 17.5 Å². The standard InChI is InChI=1S/C15H17F3OS/c16-15(17,18)12-5-3-4-11(8-12)9-13(19)10-20-14-6-1-2-7-14/h3-5,8,14H,1-2,6-7,9-10H2. The van der Waals surface area contributed by atoms with Crippen molar-refractivity contribution in [2.45, 2.75) is 43.5 Å². The number of ketones is 1. The van der Waals surface area contributed by atoms with E-state index in [0.717, 1.165) is 25.0 Å². The van der Waals surface area contributed by atoms with Crippen LogP contribution in [0.25, 0.3) is 0 Å². The zero-order valence-corrected chi connectivity index (χ0v) is 11.9. The molecule has 2 rings (SSSR count). The van der Waals surface area contributed by atoms with Crippen LogP contribution in [0.15, 0.2) is 24.3 Å². The Morgan fingerprint density at radius 1 is 1.25 bits per heavy atom. The van der Waals surface area contributed by atoms with Crippen LogP contribution in [0.4, 0.5) is 13.2 Å². The molecule has 110 valence electrons. The lowest BCUT2D eigenvalue weighted by atomic mass is 10.1. The van der Waals surface area contributed by atoms with E-state index in [0.29, 0.717) is 16.6 Å². The van der Waals surface area contributed by atoms with E-state index < -0.39 is 11.7 Å². The third-order valence-corrected chi connectivity index (χ3v) is 4.87. The summed E-state index contributed by atoms with van der Waals surface area (Å²) in [5.41, 5.74) is -0.247. The van der Waals surface area contributed by atoms with E-state index in [9.17, 15) is 18.0 Å². The van der Waals surface area contributed by atoms with Crippen molar-refractivity contribution < 1.29 is 18.0 Å². The highest BCUT2D eigenvalue weighted by atomic mass is 32.2. The van der Waals surface area contributed by atoms with Crippen LogP contribution in [0.5, 0.6) is 0 Å². The highest BCUT2D eigenvalue weighted by molar-refractivity contribution is 8.00. The third-order valence-electron chi connectivity index (χ3n) is 3.44. The van der Waals surface area contributed by atoms with Gasteiger partial charge in [-0.25, -0.2) is 0 Å². The van der Waals surface area contributed by atoms with Crippen LogP contribution < -0.4 is 0 Å². The van der Waals surface area contributed by atoms with Crippen LogP contribution in [-0.2, 0) is 17.4 Å². The fourth-order valence-corrected chi connectivity index (χ4v) is 3.59. The molecule has 1 fully saturated rings. The van der Waals surface area contributed by atoms with Crippen LogP contribution in [-0.4, -0.2) is 16.8 Å². The number of benzene rings is 1. The molecule has 20 heavy (non-hydrogen) atoms. The molecule has 0 aromatic heterocycles. The maximum atomic E-state index is 12.6. The van der Waals surface area contributed by atoms with Gasteiger partial charge in [0.05, 0.1) is 11.3 Å². The average Bonchev–Trinajstić information content (AvgIpc) is 2.89. The molecule has 5 heteroatoms. The van der Waals surface area contributed by atoms with Crippen molar-refractivity contribution in [3.05, 3.63) is 35.4 Å². The molecule has 1 aromatic carbocycles. The molecular weight excluding hydrogens is 285 g/mol. The second-order valence-corrected chi connectivity index (χ2v) is 6.42. The van der Waals surface area contributed by atoms with Gasteiger partial charge in [-0.05, 0) is 24.5 Å². The normalized spacial score (nSPS) is 16.6. The predicted molar refractivity (Wildman–Crippen MR) is 74.9 cm³/mol. The van der Waals surface area contributed by atoms with E-state index in [2.05, 4.69) is 0 Å². The summed E-state index contributed by atoms with van der Waals surface area (Å²) in [4.78, 5) is 11.8. The summed E-state index contributed by atoms with van der Waals surface area (Å²) in [7, 11) is 0. The van der Waals surface area contributed by atoms with Crippen molar-refractivity contribution in [1.82, 2.24) is 0 Å². The zero-order valence-electron chi connectivity index (χ0n) is 11.1. The van der Waals surface area contributed by atoms with E-state index in [-0.39, 0.29) is 12.2 Å². The zero-order chi connectivity index (χ0) is 14.6. The van der Waals surface area contributed by atoms with Gasteiger partial charge in [0.2, 0.25) is 0 Å². The smallest absolute Gasteiger partial charge is 0.298 e. The Morgan fingerprint density at radius 3 is 2.60 bits per heavy atom. The molecule has 0 unspecified atom stereocenters. The highest BCUT2D eigenvalue weighted by Crippen LogP contribution is 2.31. The van der Waals surface area contributed by atoms with Gasteiger partial charge in [0.1, 0.15) is 5.78 Å². The quantitative estimate of drug-likeness (QED) is 0.797. The Morgan fingerprint density at radius 2 is 1.95 bits per heavy atom. The SMILES string of the molecule is O=C(CSC1CCCC1)Cc1cccc(C(F)(F)F)c1. The Balaban J connectivity index is 1.87. The summed E-state index contributed by atoms with van der Waals surface area (Å²) in [6.45, 7) is 0. The first-order valence-electron chi connectivity index (χ1n) is 6.74. The number of rotatable bonds is 5. The van der Waals surface area contributed by atoms with E-state index >= 15 is 0 Å². The molecule has 0 bridgehead atoms. The third kappa shape index (κ3) is 4.54. The first-order chi connectivity index (χ1) is 9.45. The van der Waals surface area contributed by atoms with Crippen molar-refractivity contribution in [2.24, 2.45) is 0 Å². The van der Waals surface area contributed by atoms with E-state index in [1.165, 1.54) is 18.9 Å². The van der Waals surface area contributed by atoms with Gasteiger partial charge < -0.3 is 0 Å². The predicted octanol–water partition coefficient (Wildman–Crippen LogP) is 4.49. The molecule has 0 saturated heterocycles. The molecule has 0 radical (unpaired) electrons. The van der Waals surface area contributed by atoms with Gasteiger partial charge in [0.25, 0.3) is 0 Å². The molecule has 1 aliphatic rings. The lowest BCUT2D eigenvalue weighted by Gasteiger charge is -2.09. The number of halogens is 3. The van der Waals surface area contributed by atoms with Crippen LogP contribution in [0.2, 0.25) is 0 Å². The summed E-state index contributed by atoms with van der Waals surface area (Å²) in [5.74, 6) is 0.405. The van der Waals surface area contributed by atoms with Crippen molar-refractivity contribution in [3.8, 4) is 0 Å². The maximum absolute atomic E-state index is 12.6. The average molecular weight is 302 g/mol. The van der Waals surface area contributed by atoms with Gasteiger partial charge in [-0.1, -0.05) is 31.0 Å². The van der Waals surface area contributed by atoms with E-state index in [1.54, 1.807) is 17.8 Å². The van der Waals surface area contributed by atoms with Crippen molar-refractivity contribution in [1.29, 1.82) is 0 Å². The molecule has 0 heterocycles.